The van der Waals surface area contributed by atoms with E-state index in [1.807, 2.05) is 0 Å². The van der Waals surface area contributed by atoms with E-state index in [2.05, 4.69) is 5.32 Å². The number of benzene rings is 1. The molecular formula is C16H21NO4. The molecule has 0 aliphatic heterocycles. The normalized spacial score (nSPS) is 15.3. The summed E-state index contributed by atoms with van der Waals surface area (Å²) in [4.78, 5) is 22.9. The fourth-order valence-corrected chi connectivity index (χ4v) is 2.54. The molecule has 0 bridgehead atoms. The molecule has 1 amide bonds. The monoisotopic (exact) mass is 291 g/mol. The van der Waals surface area contributed by atoms with Crippen molar-refractivity contribution in [2.75, 3.05) is 13.7 Å². The number of hydrogen-bond acceptors (Lipinski definition) is 4. The van der Waals surface area contributed by atoms with Crippen molar-refractivity contribution in [3.8, 4) is 11.5 Å². The summed E-state index contributed by atoms with van der Waals surface area (Å²) in [5, 5.41) is 2.97. The highest BCUT2D eigenvalue weighted by Gasteiger charge is 2.16. The van der Waals surface area contributed by atoms with Crippen molar-refractivity contribution in [1.82, 2.24) is 5.32 Å². The third-order valence-corrected chi connectivity index (χ3v) is 3.67. The zero-order chi connectivity index (χ0) is 15.1. The van der Waals surface area contributed by atoms with Crippen LogP contribution in [0.15, 0.2) is 18.2 Å². The van der Waals surface area contributed by atoms with Crippen molar-refractivity contribution in [3.63, 3.8) is 0 Å². The lowest BCUT2D eigenvalue weighted by Gasteiger charge is -2.22. The van der Waals surface area contributed by atoms with E-state index in [0.717, 1.165) is 12.8 Å². The minimum absolute atomic E-state index is 0.0797. The second-order valence-corrected chi connectivity index (χ2v) is 5.21. The van der Waals surface area contributed by atoms with Crippen molar-refractivity contribution < 1.29 is 19.1 Å². The van der Waals surface area contributed by atoms with Crippen LogP contribution >= 0.6 is 0 Å². The van der Waals surface area contributed by atoms with E-state index in [0.29, 0.717) is 23.3 Å². The van der Waals surface area contributed by atoms with Gasteiger partial charge in [0.15, 0.2) is 12.9 Å². The fourth-order valence-electron chi connectivity index (χ4n) is 2.54. The average molecular weight is 291 g/mol. The van der Waals surface area contributed by atoms with E-state index >= 15 is 0 Å². The van der Waals surface area contributed by atoms with Crippen molar-refractivity contribution in [3.05, 3.63) is 23.8 Å². The smallest absolute Gasteiger partial charge is 0.258 e. The lowest BCUT2D eigenvalue weighted by molar-refractivity contribution is -0.124. The number of methoxy groups -OCH3 is 1. The van der Waals surface area contributed by atoms with E-state index < -0.39 is 0 Å². The zero-order valence-corrected chi connectivity index (χ0v) is 12.3. The maximum absolute atomic E-state index is 11.9. The summed E-state index contributed by atoms with van der Waals surface area (Å²) in [6.07, 6.45) is 6.34. The van der Waals surface area contributed by atoms with Gasteiger partial charge in [0.1, 0.15) is 11.5 Å². The Morgan fingerprint density at radius 3 is 2.76 bits per heavy atom. The number of aldehydes is 1. The SMILES string of the molecule is COc1ccc(OCC(=O)NC2CCCCC2)c(C=O)c1. The van der Waals surface area contributed by atoms with Gasteiger partial charge in [0.25, 0.3) is 5.91 Å². The molecule has 1 aliphatic rings. The molecule has 1 aromatic rings. The van der Waals surface area contributed by atoms with Gasteiger partial charge >= 0.3 is 0 Å². The number of amides is 1. The van der Waals surface area contributed by atoms with Gasteiger partial charge in [0.05, 0.1) is 12.7 Å². The predicted octanol–water partition coefficient (Wildman–Crippen LogP) is 2.34. The van der Waals surface area contributed by atoms with Crippen LogP contribution in [0.25, 0.3) is 0 Å². The van der Waals surface area contributed by atoms with Crippen LogP contribution in [-0.4, -0.2) is 32.0 Å². The minimum atomic E-state index is -0.144. The largest absolute Gasteiger partial charge is 0.497 e. The molecule has 0 spiro atoms. The molecule has 21 heavy (non-hydrogen) atoms. The van der Waals surface area contributed by atoms with E-state index in [-0.39, 0.29) is 18.6 Å². The maximum Gasteiger partial charge on any atom is 0.258 e. The average Bonchev–Trinajstić information content (AvgIpc) is 2.53. The van der Waals surface area contributed by atoms with Gasteiger partial charge in [-0.2, -0.15) is 0 Å². The van der Waals surface area contributed by atoms with Crippen LogP contribution in [0.1, 0.15) is 42.5 Å². The summed E-state index contributed by atoms with van der Waals surface area (Å²) >= 11 is 0. The van der Waals surface area contributed by atoms with Crippen molar-refractivity contribution >= 4 is 12.2 Å². The summed E-state index contributed by atoms with van der Waals surface area (Å²) in [5.74, 6) is 0.829. The maximum atomic E-state index is 11.9. The number of carbonyl (C=O) groups is 2. The lowest BCUT2D eigenvalue weighted by atomic mass is 9.95. The summed E-state index contributed by atoms with van der Waals surface area (Å²) < 4.78 is 10.5. The molecule has 1 aliphatic carbocycles. The molecule has 0 radical (unpaired) electrons. The van der Waals surface area contributed by atoms with Gasteiger partial charge in [-0.3, -0.25) is 9.59 Å². The third-order valence-electron chi connectivity index (χ3n) is 3.67. The highest BCUT2D eigenvalue weighted by atomic mass is 16.5. The van der Waals surface area contributed by atoms with Gasteiger partial charge < -0.3 is 14.8 Å². The lowest BCUT2D eigenvalue weighted by Crippen LogP contribution is -2.39. The standard InChI is InChI=1S/C16H21NO4/c1-20-14-7-8-15(12(9-14)10-18)21-11-16(19)17-13-5-3-2-4-6-13/h7-10,13H,2-6,11H2,1H3,(H,17,19). The Kier molecular flexibility index (Phi) is 5.60. The Morgan fingerprint density at radius 2 is 2.10 bits per heavy atom. The second kappa shape index (κ2) is 7.67. The topological polar surface area (TPSA) is 64.6 Å². The van der Waals surface area contributed by atoms with Gasteiger partial charge in [-0.25, -0.2) is 0 Å². The molecule has 5 nitrogen and oxygen atoms in total. The molecule has 5 heteroatoms. The quantitative estimate of drug-likeness (QED) is 0.817. The summed E-state index contributed by atoms with van der Waals surface area (Å²) in [5.41, 5.74) is 0.375. The Labute approximate surface area is 124 Å². The Hall–Kier alpha value is -2.04. The molecule has 2 rings (SSSR count). The number of hydrogen-bond donors (Lipinski definition) is 1. The van der Waals surface area contributed by atoms with Crippen molar-refractivity contribution in [2.24, 2.45) is 0 Å². The number of rotatable bonds is 6. The van der Waals surface area contributed by atoms with Crippen LogP contribution in [-0.2, 0) is 4.79 Å². The van der Waals surface area contributed by atoms with Gasteiger partial charge in [-0.05, 0) is 31.0 Å². The molecular weight excluding hydrogens is 270 g/mol. The van der Waals surface area contributed by atoms with Gasteiger partial charge in [0, 0.05) is 6.04 Å². The zero-order valence-electron chi connectivity index (χ0n) is 12.3. The molecule has 0 unspecified atom stereocenters. The highest BCUT2D eigenvalue weighted by Crippen LogP contribution is 2.22. The first-order chi connectivity index (χ1) is 10.2. The number of nitrogens with one attached hydrogen (secondary N) is 1. The van der Waals surface area contributed by atoms with Crippen molar-refractivity contribution in [1.29, 1.82) is 0 Å². The molecule has 0 aromatic heterocycles. The van der Waals surface area contributed by atoms with Gasteiger partial charge in [-0.1, -0.05) is 19.3 Å². The van der Waals surface area contributed by atoms with E-state index in [1.54, 1.807) is 18.2 Å². The molecule has 1 N–H and O–H groups in total. The summed E-state index contributed by atoms with van der Waals surface area (Å²) in [6, 6.07) is 5.18. The Morgan fingerprint density at radius 1 is 1.33 bits per heavy atom. The van der Waals surface area contributed by atoms with Gasteiger partial charge in [-0.15, -0.1) is 0 Å². The number of carbonyl (C=O) groups excluding carboxylic acids is 2. The molecule has 0 heterocycles. The third kappa shape index (κ3) is 4.48. The summed E-state index contributed by atoms with van der Waals surface area (Å²) in [6.45, 7) is -0.0797. The Bertz CT molecular complexity index is 495. The second-order valence-electron chi connectivity index (χ2n) is 5.21. The molecule has 114 valence electrons. The van der Waals surface area contributed by atoms with Crippen LogP contribution in [0, 0.1) is 0 Å². The minimum Gasteiger partial charge on any atom is -0.497 e. The van der Waals surface area contributed by atoms with Crippen molar-refractivity contribution in [2.45, 2.75) is 38.1 Å². The first-order valence-corrected chi connectivity index (χ1v) is 7.28. The van der Waals surface area contributed by atoms with Crippen LogP contribution in [0.4, 0.5) is 0 Å². The van der Waals surface area contributed by atoms with Crippen LogP contribution in [0.2, 0.25) is 0 Å². The molecule has 0 atom stereocenters. The molecule has 0 saturated heterocycles. The van der Waals surface area contributed by atoms with Crippen LogP contribution in [0.3, 0.4) is 0 Å². The summed E-state index contributed by atoms with van der Waals surface area (Å²) in [7, 11) is 1.53. The van der Waals surface area contributed by atoms with E-state index in [4.69, 9.17) is 9.47 Å². The first-order valence-electron chi connectivity index (χ1n) is 7.28. The fraction of sp³-hybridized carbons (Fsp3) is 0.500. The Balaban J connectivity index is 1.87. The predicted molar refractivity (Wildman–Crippen MR) is 78.9 cm³/mol. The molecule has 1 saturated carbocycles. The molecule has 1 aromatic carbocycles. The molecule has 1 fully saturated rings. The van der Waals surface area contributed by atoms with Gasteiger partial charge in [0.2, 0.25) is 0 Å². The van der Waals surface area contributed by atoms with E-state index in [9.17, 15) is 9.59 Å². The highest BCUT2D eigenvalue weighted by molar-refractivity contribution is 5.81. The van der Waals surface area contributed by atoms with Crippen LogP contribution in [0.5, 0.6) is 11.5 Å². The number of ether oxygens (including phenoxy) is 2. The van der Waals surface area contributed by atoms with E-state index in [1.165, 1.54) is 26.4 Å². The first kappa shape index (κ1) is 15.4. The van der Waals surface area contributed by atoms with Crippen LogP contribution < -0.4 is 14.8 Å².